The molecule has 0 aromatic rings. The van der Waals surface area contributed by atoms with Crippen LogP contribution in [-0.2, 0) is 19.1 Å². The van der Waals surface area contributed by atoms with E-state index in [-0.39, 0.29) is 11.9 Å². The lowest BCUT2D eigenvalue weighted by atomic mass is 10.0. The van der Waals surface area contributed by atoms with Crippen molar-refractivity contribution in [3.05, 3.63) is 0 Å². The Bertz CT molecular complexity index is 857. The van der Waals surface area contributed by atoms with Crippen molar-refractivity contribution in [3.63, 3.8) is 0 Å². The minimum absolute atomic E-state index is 0.250. The van der Waals surface area contributed by atoms with Crippen molar-refractivity contribution in [1.82, 2.24) is 21.3 Å². The molecule has 2 rings (SSSR count). The topological polar surface area (TPSA) is 135 Å². The molecule has 2 aliphatic heterocycles. The van der Waals surface area contributed by atoms with Gasteiger partial charge in [-0.15, -0.1) is 0 Å². The molecule has 0 bridgehead atoms. The van der Waals surface area contributed by atoms with E-state index in [2.05, 4.69) is 26.0 Å². The van der Waals surface area contributed by atoms with E-state index in [9.17, 15) is 19.2 Å². The highest BCUT2D eigenvalue weighted by atomic mass is 33.1. The van der Waals surface area contributed by atoms with Crippen molar-refractivity contribution in [3.8, 4) is 0 Å². The molecule has 10 nitrogen and oxygen atoms in total. The number of hydrogen-bond donors (Lipinski definition) is 4. The van der Waals surface area contributed by atoms with Gasteiger partial charge in [0.2, 0.25) is 0 Å². The third-order valence-corrected chi connectivity index (χ3v) is 7.34. The number of rotatable bonds is 18. The minimum atomic E-state index is -2.01. The molecule has 0 spiro atoms. The average Bonchev–Trinajstić information content (AvgIpc) is 3.45. The van der Waals surface area contributed by atoms with E-state index >= 15 is 0 Å². The van der Waals surface area contributed by atoms with Crippen LogP contribution in [0.4, 0.5) is 9.59 Å². The zero-order chi connectivity index (χ0) is 29.1. The summed E-state index contributed by atoms with van der Waals surface area (Å²) in [7, 11) is 2.73. The van der Waals surface area contributed by atoms with E-state index in [0.29, 0.717) is 79.6 Å². The van der Waals surface area contributed by atoms with Crippen LogP contribution in [0.25, 0.3) is 0 Å². The van der Waals surface area contributed by atoms with Crippen molar-refractivity contribution < 1.29 is 34.1 Å². The third kappa shape index (κ3) is 11.6. The normalized spacial score (nSPS) is 25.8. The van der Waals surface area contributed by atoms with Crippen molar-refractivity contribution in [1.29, 1.82) is 0 Å². The number of hydrogen-bond acceptors (Lipinski definition) is 8. The first-order chi connectivity index (χ1) is 18.4. The van der Waals surface area contributed by atoms with E-state index in [1.54, 1.807) is 6.92 Å². The number of amides is 4. The van der Waals surface area contributed by atoms with Crippen LogP contribution in [0.15, 0.2) is 0 Å². The van der Waals surface area contributed by atoms with Gasteiger partial charge in [-0.3, -0.25) is 9.59 Å². The lowest BCUT2D eigenvalue weighted by Gasteiger charge is -2.20. The maximum absolute atomic E-state index is 12.0. The monoisotopic (exact) mass is 536 g/mol. The maximum Gasteiger partial charge on any atom is 0.315 e. The number of ether oxygens (including phenoxy) is 2. The molecule has 0 aliphatic carbocycles. The zero-order valence-corrected chi connectivity index (χ0v) is 22.0. The molecule has 2 saturated heterocycles. The molecule has 0 saturated carbocycles. The SMILES string of the molecule is [2H]C([2H])(SSC([2H])([2H])[C@@H]1NC(=O)N[C@@H]1CCCCCC(=O)OCC)[C@@H]1NC(=O)N[C@@H]1CCCCCC(=O)OC. The van der Waals surface area contributed by atoms with Crippen molar-refractivity contribution in [2.45, 2.75) is 95.3 Å². The van der Waals surface area contributed by atoms with Gasteiger partial charge in [0, 0.05) is 29.7 Å². The highest BCUT2D eigenvalue weighted by Gasteiger charge is 2.33. The summed E-state index contributed by atoms with van der Waals surface area (Å²) in [5.74, 6) is -0.535. The molecule has 0 unspecified atom stereocenters. The molecule has 2 heterocycles. The number of carbonyl (C=O) groups is 4. The quantitative estimate of drug-likeness (QED) is 0.119. The molecule has 200 valence electrons. The Labute approximate surface area is 221 Å². The summed E-state index contributed by atoms with van der Waals surface area (Å²) in [4.78, 5) is 46.8. The fourth-order valence-corrected chi connectivity index (χ4v) is 5.54. The van der Waals surface area contributed by atoms with Crippen LogP contribution in [-0.4, -0.2) is 73.3 Å². The predicted octanol–water partition coefficient (Wildman–Crippen LogP) is 3.10. The molecule has 0 radical (unpaired) electrons. The Morgan fingerprint density at radius 2 is 1.23 bits per heavy atom. The molecular formula is C23H40N4O6S2. The second-order valence-corrected chi connectivity index (χ2v) is 10.2. The highest BCUT2D eigenvalue weighted by Crippen LogP contribution is 2.27. The van der Waals surface area contributed by atoms with Crippen molar-refractivity contribution in [2.24, 2.45) is 0 Å². The Balaban J connectivity index is 1.86. The number of unbranched alkanes of at least 4 members (excludes halogenated alkanes) is 4. The fourth-order valence-electron chi connectivity index (χ4n) is 3.88. The Hall–Kier alpha value is -1.82. The highest BCUT2D eigenvalue weighted by molar-refractivity contribution is 8.76. The first-order valence-electron chi connectivity index (χ1n) is 14.1. The summed E-state index contributed by atoms with van der Waals surface area (Å²) >= 11 is 0. The largest absolute Gasteiger partial charge is 0.469 e. The second kappa shape index (κ2) is 16.8. The molecule has 0 aromatic carbocycles. The van der Waals surface area contributed by atoms with Crippen LogP contribution in [0.1, 0.15) is 76.6 Å². The van der Waals surface area contributed by atoms with Crippen molar-refractivity contribution in [2.75, 3.05) is 25.1 Å². The first-order valence-corrected chi connectivity index (χ1v) is 14.3. The predicted molar refractivity (Wildman–Crippen MR) is 138 cm³/mol. The molecule has 4 N–H and O–H groups in total. The van der Waals surface area contributed by atoms with Crippen LogP contribution in [0.3, 0.4) is 0 Å². The molecule has 0 aromatic heterocycles. The van der Waals surface area contributed by atoms with E-state index in [1.165, 1.54) is 7.11 Å². The summed E-state index contributed by atoms with van der Waals surface area (Å²) < 4.78 is 43.9. The number of carbonyl (C=O) groups excluding carboxylic acids is 4. The van der Waals surface area contributed by atoms with Gasteiger partial charge < -0.3 is 30.7 Å². The first kappa shape index (κ1) is 23.6. The minimum Gasteiger partial charge on any atom is -0.469 e. The lowest BCUT2D eigenvalue weighted by molar-refractivity contribution is -0.143. The summed E-state index contributed by atoms with van der Waals surface area (Å²) in [6.07, 6.45) is 5.71. The summed E-state index contributed by atoms with van der Waals surface area (Å²) in [6, 6.07) is -3.70. The fraction of sp³-hybridized carbons (Fsp3) is 0.826. The molecule has 4 atom stereocenters. The Morgan fingerprint density at radius 1 is 0.771 bits per heavy atom. The second-order valence-electron chi connectivity index (χ2n) is 8.39. The third-order valence-electron chi connectivity index (χ3n) is 5.73. The Morgan fingerprint density at radius 3 is 1.69 bits per heavy atom. The number of urea groups is 2. The van der Waals surface area contributed by atoms with Gasteiger partial charge in [0.05, 0.1) is 37.9 Å². The molecule has 2 aliphatic rings. The van der Waals surface area contributed by atoms with Crippen LogP contribution in [0, 0.1) is 0 Å². The van der Waals surface area contributed by atoms with E-state index in [0.717, 1.165) is 12.8 Å². The van der Waals surface area contributed by atoms with Gasteiger partial charge in [-0.25, -0.2) is 9.59 Å². The van der Waals surface area contributed by atoms with Gasteiger partial charge in [0.25, 0.3) is 0 Å². The number of esters is 2. The van der Waals surface area contributed by atoms with Gasteiger partial charge in [0.1, 0.15) is 0 Å². The molecule has 35 heavy (non-hydrogen) atoms. The molecule has 4 amide bonds. The number of nitrogens with one attached hydrogen (secondary N) is 4. The smallest absolute Gasteiger partial charge is 0.315 e. The van der Waals surface area contributed by atoms with Gasteiger partial charge >= 0.3 is 24.0 Å². The van der Waals surface area contributed by atoms with Gasteiger partial charge in [-0.05, 0) is 32.6 Å². The van der Waals surface area contributed by atoms with E-state index < -0.39 is 47.6 Å². The lowest BCUT2D eigenvalue weighted by Crippen LogP contribution is -2.36. The molecular weight excluding hydrogens is 492 g/mol. The van der Waals surface area contributed by atoms with E-state index in [4.69, 9.17) is 10.2 Å². The van der Waals surface area contributed by atoms with Crippen LogP contribution >= 0.6 is 21.6 Å². The maximum atomic E-state index is 12.0. The van der Waals surface area contributed by atoms with Gasteiger partial charge in [-0.2, -0.15) is 0 Å². The standard InChI is InChI=1S/C23H40N4O6S2/c1-3-33-21(29)13-9-5-7-11-17-19(27-23(31)25-17)15-35-34-14-18-16(24-22(30)26-18)10-6-4-8-12-20(28)32-2/h16-19H,3-15H2,1-2H3,(H2,24,26,30)(H2,25,27,31)/t16-,17-,18+,19+/m1/s1/i14D2,15D2. The number of methoxy groups -OCH3 is 1. The van der Waals surface area contributed by atoms with Gasteiger partial charge in [0.15, 0.2) is 0 Å². The van der Waals surface area contributed by atoms with Crippen LogP contribution < -0.4 is 21.3 Å². The van der Waals surface area contributed by atoms with Crippen LogP contribution in [0.2, 0.25) is 0 Å². The molecule has 12 heteroatoms. The Kier molecular flexibility index (Phi) is 11.3. The summed E-state index contributed by atoms with van der Waals surface area (Å²) in [5, 5.41) is 10.7. The zero-order valence-electron chi connectivity index (χ0n) is 24.4. The van der Waals surface area contributed by atoms with Crippen molar-refractivity contribution >= 4 is 45.6 Å². The molecule has 2 fully saturated rings. The summed E-state index contributed by atoms with van der Waals surface area (Å²) in [6.45, 7) is 2.09. The van der Waals surface area contributed by atoms with Crippen LogP contribution in [0.5, 0.6) is 0 Å². The van der Waals surface area contributed by atoms with E-state index in [1.807, 2.05) is 0 Å². The van der Waals surface area contributed by atoms with Gasteiger partial charge in [-0.1, -0.05) is 47.3 Å². The summed E-state index contributed by atoms with van der Waals surface area (Å²) in [5.41, 5.74) is -4.02. The average molecular weight is 537 g/mol.